The third-order valence-corrected chi connectivity index (χ3v) is 3.20. The first-order valence-electron chi connectivity index (χ1n) is 6.77. The molecule has 0 radical (unpaired) electrons. The number of benzene rings is 1. The Kier molecular flexibility index (Phi) is 3.52. The Hall–Kier alpha value is -2.87. The van der Waals surface area contributed by atoms with Crippen molar-refractivity contribution in [1.82, 2.24) is 9.97 Å². The summed E-state index contributed by atoms with van der Waals surface area (Å²) in [5.41, 5.74) is 1.36. The van der Waals surface area contributed by atoms with Gasteiger partial charge in [-0.3, -0.25) is 0 Å². The van der Waals surface area contributed by atoms with Crippen molar-refractivity contribution in [3.8, 4) is 6.07 Å². The maximum Gasteiger partial charge on any atom is 0.213 e. The van der Waals surface area contributed by atoms with Crippen LogP contribution in [0.4, 0.5) is 5.82 Å². The van der Waals surface area contributed by atoms with Gasteiger partial charge in [0.1, 0.15) is 17.6 Å². The lowest BCUT2D eigenvalue weighted by Gasteiger charge is -2.07. The van der Waals surface area contributed by atoms with E-state index in [2.05, 4.69) is 21.4 Å². The lowest BCUT2D eigenvalue weighted by Crippen LogP contribution is -2.04. The van der Waals surface area contributed by atoms with Crippen molar-refractivity contribution < 1.29 is 4.42 Å². The van der Waals surface area contributed by atoms with Gasteiger partial charge in [-0.1, -0.05) is 25.1 Å². The van der Waals surface area contributed by atoms with E-state index < -0.39 is 0 Å². The largest absolute Gasteiger partial charge is 0.444 e. The lowest BCUT2D eigenvalue weighted by atomic mass is 10.1. The molecule has 2 heterocycles. The maximum atomic E-state index is 9.25. The SMILES string of the molecule is CCc1cnc(CNc2nc3ccccc3cc2C#N)o1. The predicted octanol–water partition coefficient (Wildman–Crippen LogP) is 3.27. The number of hydrogen-bond donors (Lipinski definition) is 1. The van der Waals surface area contributed by atoms with Crippen molar-refractivity contribution in [2.45, 2.75) is 19.9 Å². The second-order valence-corrected chi connectivity index (χ2v) is 4.62. The maximum absolute atomic E-state index is 9.25. The quantitative estimate of drug-likeness (QED) is 0.792. The molecular formula is C16H14N4O. The number of anilines is 1. The number of nitrogens with one attached hydrogen (secondary N) is 1. The number of fused-ring (bicyclic) bond motifs is 1. The van der Waals surface area contributed by atoms with Crippen molar-refractivity contribution in [3.63, 3.8) is 0 Å². The van der Waals surface area contributed by atoms with Gasteiger partial charge in [-0.25, -0.2) is 9.97 Å². The first kappa shape index (κ1) is 13.1. The molecule has 0 fully saturated rings. The summed E-state index contributed by atoms with van der Waals surface area (Å²) in [5.74, 6) is 1.98. The molecule has 1 N–H and O–H groups in total. The molecule has 0 spiro atoms. The summed E-state index contributed by atoms with van der Waals surface area (Å²) in [6.45, 7) is 2.41. The highest BCUT2D eigenvalue weighted by molar-refractivity contribution is 5.82. The number of aromatic nitrogens is 2. The number of oxazole rings is 1. The van der Waals surface area contributed by atoms with Crippen molar-refractivity contribution in [1.29, 1.82) is 5.26 Å². The van der Waals surface area contributed by atoms with Gasteiger partial charge in [0.2, 0.25) is 5.89 Å². The van der Waals surface area contributed by atoms with Gasteiger partial charge in [-0.2, -0.15) is 5.26 Å². The van der Waals surface area contributed by atoms with E-state index in [0.717, 1.165) is 23.1 Å². The average molecular weight is 278 g/mol. The third kappa shape index (κ3) is 2.70. The van der Waals surface area contributed by atoms with Crippen LogP contribution in [0.25, 0.3) is 10.9 Å². The molecule has 5 heteroatoms. The molecular weight excluding hydrogens is 264 g/mol. The molecule has 0 aliphatic heterocycles. The summed E-state index contributed by atoms with van der Waals surface area (Å²) < 4.78 is 5.53. The van der Waals surface area contributed by atoms with Crippen LogP contribution in [-0.4, -0.2) is 9.97 Å². The second kappa shape index (κ2) is 5.63. The molecule has 0 bridgehead atoms. The fourth-order valence-electron chi connectivity index (χ4n) is 2.09. The highest BCUT2D eigenvalue weighted by atomic mass is 16.4. The van der Waals surface area contributed by atoms with Gasteiger partial charge in [-0.05, 0) is 12.1 Å². The second-order valence-electron chi connectivity index (χ2n) is 4.62. The van der Waals surface area contributed by atoms with E-state index in [1.165, 1.54) is 0 Å². The van der Waals surface area contributed by atoms with Crippen LogP contribution in [0.1, 0.15) is 24.1 Å². The van der Waals surface area contributed by atoms with Gasteiger partial charge < -0.3 is 9.73 Å². The minimum atomic E-state index is 0.403. The number of aryl methyl sites for hydroxylation is 1. The monoisotopic (exact) mass is 278 g/mol. The topological polar surface area (TPSA) is 74.7 Å². The normalized spacial score (nSPS) is 10.5. The number of rotatable bonds is 4. The van der Waals surface area contributed by atoms with E-state index in [4.69, 9.17) is 4.42 Å². The molecule has 2 aromatic heterocycles. The Morgan fingerprint density at radius 1 is 1.33 bits per heavy atom. The molecule has 5 nitrogen and oxygen atoms in total. The van der Waals surface area contributed by atoms with Crippen LogP contribution in [0, 0.1) is 11.3 Å². The van der Waals surface area contributed by atoms with E-state index in [1.807, 2.05) is 37.3 Å². The molecule has 104 valence electrons. The highest BCUT2D eigenvalue weighted by Gasteiger charge is 2.08. The molecule has 1 aromatic carbocycles. The fraction of sp³-hybridized carbons (Fsp3) is 0.188. The Labute approximate surface area is 122 Å². The third-order valence-electron chi connectivity index (χ3n) is 3.20. The molecule has 0 aliphatic carbocycles. The Bertz CT molecular complexity index is 817. The van der Waals surface area contributed by atoms with Crippen molar-refractivity contribution in [2.24, 2.45) is 0 Å². The van der Waals surface area contributed by atoms with Gasteiger partial charge in [0.15, 0.2) is 0 Å². The van der Waals surface area contributed by atoms with Gasteiger partial charge >= 0.3 is 0 Å². The zero-order valence-electron chi connectivity index (χ0n) is 11.6. The van der Waals surface area contributed by atoms with E-state index in [-0.39, 0.29) is 0 Å². The average Bonchev–Trinajstić information content (AvgIpc) is 3.00. The minimum absolute atomic E-state index is 0.403. The Morgan fingerprint density at radius 3 is 2.95 bits per heavy atom. The van der Waals surface area contributed by atoms with Crippen LogP contribution in [0.15, 0.2) is 40.9 Å². The van der Waals surface area contributed by atoms with E-state index in [0.29, 0.717) is 23.8 Å². The van der Waals surface area contributed by atoms with Crippen LogP contribution in [0.5, 0.6) is 0 Å². The molecule has 0 atom stereocenters. The Balaban J connectivity index is 1.87. The van der Waals surface area contributed by atoms with Crippen LogP contribution < -0.4 is 5.32 Å². The molecule has 0 saturated heterocycles. The zero-order chi connectivity index (χ0) is 14.7. The van der Waals surface area contributed by atoms with Crippen molar-refractivity contribution in [2.75, 3.05) is 5.32 Å². The number of hydrogen-bond acceptors (Lipinski definition) is 5. The van der Waals surface area contributed by atoms with Gasteiger partial charge in [0.05, 0.1) is 23.8 Å². The lowest BCUT2D eigenvalue weighted by molar-refractivity contribution is 0.465. The van der Waals surface area contributed by atoms with Gasteiger partial charge in [0.25, 0.3) is 0 Å². The predicted molar refractivity (Wildman–Crippen MR) is 79.7 cm³/mol. The van der Waals surface area contributed by atoms with Crippen LogP contribution in [-0.2, 0) is 13.0 Å². The number of nitrogens with zero attached hydrogens (tertiary/aromatic N) is 3. The van der Waals surface area contributed by atoms with Gasteiger partial charge in [0, 0.05) is 11.8 Å². The summed E-state index contributed by atoms with van der Waals surface area (Å²) in [4.78, 5) is 8.67. The van der Waals surface area contributed by atoms with Crippen LogP contribution in [0.3, 0.4) is 0 Å². The summed E-state index contributed by atoms with van der Waals surface area (Å²) >= 11 is 0. The standard InChI is InChI=1S/C16H14N4O/c1-2-13-9-18-15(21-13)10-19-16-12(8-17)7-11-5-3-4-6-14(11)20-16/h3-7,9H,2,10H2,1H3,(H,19,20). The molecule has 3 aromatic rings. The fourth-order valence-corrected chi connectivity index (χ4v) is 2.09. The Morgan fingerprint density at radius 2 is 2.19 bits per heavy atom. The molecule has 0 amide bonds. The highest BCUT2D eigenvalue weighted by Crippen LogP contribution is 2.20. The van der Waals surface area contributed by atoms with Gasteiger partial charge in [-0.15, -0.1) is 0 Å². The molecule has 0 saturated carbocycles. The summed E-state index contributed by atoms with van der Waals surface area (Å²) in [7, 11) is 0. The number of nitriles is 1. The summed E-state index contributed by atoms with van der Waals surface area (Å²) in [5, 5.41) is 13.3. The number of para-hydroxylation sites is 1. The van der Waals surface area contributed by atoms with Crippen molar-refractivity contribution >= 4 is 16.7 Å². The van der Waals surface area contributed by atoms with E-state index >= 15 is 0 Å². The van der Waals surface area contributed by atoms with E-state index in [9.17, 15) is 5.26 Å². The first-order chi connectivity index (χ1) is 10.3. The molecule has 0 unspecified atom stereocenters. The first-order valence-corrected chi connectivity index (χ1v) is 6.77. The minimum Gasteiger partial charge on any atom is -0.444 e. The molecule has 0 aliphatic rings. The van der Waals surface area contributed by atoms with E-state index in [1.54, 1.807) is 6.20 Å². The van der Waals surface area contributed by atoms with Crippen LogP contribution in [0.2, 0.25) is 0 Å². The summed E-state index contributed by atoms with van der Waals surface area (Å²) in [6, 6.07) is 11.7. The molecule has 21 heavy (non-hydrogen) atoms. The molecule has 3 rings (SSSR count). The zero-order valence-corrected chi connectivity index (χ0v) is 11.6. The van der Waals surface area contributed by atoms with Crippen molar-refractivity contribution in [3.05, 3.63) is 53.7 Å². The number of pyridine rings is 1. The van der Waals surface area contributed by atoms with Crippen LogP contribution >= 0.6 is 0 Å². The smallest absolute Gasteiger partial charge is 0.213 e. The summed E-state index contributed by atoms with van der Waals surface area (Å²) in [6.07, 6.45) is 2.53.